The Balaban J connectivity index is 1.32. The summed E-state index contributed by atoms with van der Waals surface area (Å²) in [7, 11) is 1.87. The standard InChI is InChI=1S/C20H32N4O/c1-21-19(23-15-20(9-10-20)16-7-8-16)22-14-17(18-6-5-13-25-18)24-11-3-2-4-12-24/h5-6,13,16-17H,2-4,7-12,14-15H2,1H3,(H2,21,22,23). The Morgan fingerprint density at radius 1 is 1.28 bits per heavy atom. The number of hydrogen-bond acceptors (Lipinski definition) is 3. The van der Waals surface area contributed by atoms with Crippen molar-refractivity contribution in [2.45, 2.75) is 51.0 Å². The minimum atomic E-state index is 0.284. The van der Waals surface area contributed by atoms with E-state index in [1.54, 1.807) is 6.26 Å². The summed E-state index contributed by atoms with van der Waals surface area (Å²) < 4.78 is 5.74. The third-order valence-electron chi connectivity index (χ3n) is 6.33. The van der Waals surface area contributed by atoms with Gasteiger partial charge in [0.25, 0.3) is 0 Å². The molecule has 0 radical (unpaired) electrons. The molecular formula is C20H32N4O. The molecule has 2 N–H and O–H groups in total. The van der Waals surface area contributed by atoms with Crippen LogP contribution in [0.4, 0.5) is 0 Å². The maximum Gasteiger partial charge on any atom is 0.191 e. The van der Waals surface area contributed by atoms with Crippen molar-refractivity contribution in [3.05, 3.63) is 24.2 Å². The van der Waals surface area contributed by atoms with Gasteiger partial charge in [-0.1, -0.05) is 6.42 Å². The zero-order valence-electron chi connectivity index (χ0n) is 15.5. The Bertz CT molecular complexity index is 569. The number of nitrogens with one attached hydrogen (secondary N) is 2. The van der Waals surface area contributed by atoms with Gasteiger partial charge in [0.15, 0.2) is 5.96 Å². The predicted octanol–water partition coefficient (Wildman–Crippen LogP) is 3.16. The quantitative estimate of drug-likeness (QED) is 0.589. The predicted molar refractivity (Wildman–Crippen MR) is 101 cm³/mol. The number of likely N-dealkylation sites (tertiary alicyclic amines) is 1. The Labute approximate surface area is 151 Å². The Hall–Kier alpha value is -1.49. The van der Waals surface area contributed by atoms with Crippen LogP contribution >= 0.6 is 0 Å². The highest BCUT2D eigenvalue weighted by molar-refractivity contribution is 5.79. The molecule has 2 saturated carbocycles. The molecule has 25 heavy (non-hydrogen) atoms. The average Bonchev–Trinajstić information content (AvgIpc) is 3.57. The second kappa shape index (κ2) is 7.40. The van der Waals surface area contributed by atoms with Crippen molar-refractivity contribution in [3.63, 3.8) is 0 Å². The van der Waals surface area contributed by atoms with Crippen LogP contribution < -0.4 is 10.6 Å². The van der Waals surface area contributed by atoms with Crippen molar-refractivity contribution in [3.8, 4) is 0 Å². The SMILES string of the molecule is CN=C(NCC(c1ccco1)N1CCCCC1)NCC1(C2CC2)CC1. The molecule has 5 heteroatoms. The highest BCUT2D eigenvalue weighted by Crippen LogP contribution is 2.60. The van der Waals surface area contributed by atoms with Crippen molar-refractivity contribution in [2.24, 2.45) is 16.3 Å². The van der Waals surface area contributed by atoms with Crippen molar-refractivity contribution in [1.82, 2.24) is 15.5 Å². The summed E-state index contributed by atoms with van der Waals surface area (Å²) in [5.74, 6) is 2.96. The van der Waals surface area contributed by atoms with E-state index in [2.05, 4.69) is 26.6 Å². The van der Waals surface area contributed by atoms with E-state index in [0.717, 1.165) is 43.8 Å². The minimum Gasteiger partial charge on any atom is -0.468 e. The van der Waals surface area contributed by atoms with Crippen LogP contribution in [0.5, 0.6) is 0 Å². The van der Waals surface area contributed by atoms with Gasteiger partial charge < -0.3 is 15.1 Å². The Morgan fingerprint density at radius 2 is 2.08 bits per heavy atom. The van der Waals surface area contributed by atoms with E-state index in [1.165, 1.54) is 44.9 Å². The molecule has 0 spiro atoms. The van der Waals surface area contributed by atoms with E-state index in [1.807, 2.05) is 13.1 Å². The molecule has 2 aliphatic carbocycles. The largest absolute Gasteiger partial charge is 0.468 e. The first-order valence-corrected chi connectivity index (χ1v) is 10.0. The highest BCUT2D eigenvalue weighted by atomic mass is 16.3. The number of furan rings is 1. The summed E-state index contributed by atoms with van der Waals surface area (Å²) in [5, 5.41) is 7.14. The molecule has 1 unspecified atom stereocenters. The minimum absolute atomic E-state index is 0.284. The zero-order chi connectivity index (χ0) is 17.1. The van der Waals surface area contributed by atoms with Crippen LogP contribution in [0.3, 0.4) is 0 Å². The highest BCUT2D eigenvalue weighted by Gasteiger charge is 2.53. The number of rotatable bonds is 7. The summed E-state index contributed by atoms with van der Waals surface area (Å²) in [6, 6.07) is 4.38. The summed E-state index contributed by atoms with van der Waals surface area (Å²) in [6.45, 7) is 4.23. The molecule has 4 rings (SSSR count). The van der Waals surface area contributed by atoms with E-state index >= 15 is 0 Å². The van der Waals surface area contributed by atoms with Gasteiger partial charge in [-0.05, 0) is 75.1 Å². The van der Waals surface area contributed by atoms with Crippen molar-refractivity contribution in [1.29, 1.82) is 0 Å². The molecule has 0 bridgehead atoms. The first-order chi connectivity index (χ1) is 12.3. The van der Waals surface area contributed by atoms with E-state index in [9.17, 15) is 0 Å². The molecule has 3 aliphatic rings. The van der Waals surface area contributed by atoms with Crippen LogP contribution in [0.2, 0.25) is 0 Å². The fourth-order valence-electron chi connectivity index (χ4n) is 4.38. The van der Waals surface area contributed by atoms with E-state index < -0.39 is 0 Å². The van der Waals surface area contributed by atoms with Crippen molar-refractivity contribution >= 4 is 5.96 Å². The number of guanidine groups is 1. The summed E-state index contributed by atoms with van der Waals surface area (Å²) >= 11 is 0. The van der Waals surface area contributed by atoms with Crippen LogP contribution in [-0.4, -0.2) is 44.1 Å². The number of nitrogens with zero attached hydrogens (tertiary/aromatic N) is 2. The second-order valence-corrected chi connectivity index (χ2v) is 8.07. The smallest absolute Gasteiger partial charge is 0.191 e. The van der Waals surface area contributed by atoms with Gasteiger partial charge >= 0.3 is 0 Å². The Morgan fingerprint density at radius 3 is 2.68 bits per heavy atom. The summed E-state index contributed by atoms with van der Waals surface area (Å²) in [6.07, 6.45) is 11.4. The lowest BCUT2D eigenvalue weighted by atomic mass is 10.0. The van der Waals surface area contributed by atoms with Gasteiger partial charge in [-0.2, -0.15) is 0 Å². The Kier molecular flexibility index (Phi) is 5.02. The first-order valence-electron chi connectivity index (χ1n) is 10.0. The lowest BCUT2D eigenvalue weighted by Gasteiger charge is -2.33. The van der Waals surface area contributed by atoms with Crippen LogP contribution in [-0.2, 0) is 0 Å². The molecule has 0 amide bonds. The first kappa shape index (κ1) is 17.0. The molecule has 1 atom stereocenters. The van der Waals surface area contributed by atoms with Gasteiger partial charge in [-0.15, -0.1) is 0 Å². The molecule has 2 heterocycles. The fourth-order valence-corrected chi connectivity index (χ4v) is 4.38. The third-order valence-corrected chi connectivity index (χ3v) is 6.33. The average molecular weight is 345 g/mol. The van der Waals surface area contributed by atoms with Gasteiger partial charge in [-0.3, -0.25) is 9.89 Å². The molecular weight excluding hydrogens is 312 g/mol. The molecule has 1 aliphatic heterocycles. The molecule has 0 aromatic carbocycles. The zero-order valence-corrected chi connectivity index (χ0v) is 15.5. The van der Waals surface area contributed by atoms with E-state index in [-0.39, 0.29) is 6.04 Å². The third kappa shape index (κ3) is 4.02. The van der Waals surface area contributed by atoms with E-state index in [0.29, 0.717) is 5.41 Å². The number of piperidine rings is 1. The van der Waals surface area contributed by atoms with Crippen molar-refractivity contribution in [2.75, 3.05) is 33.2 Å². The maximum absolute atomic E-state index is 5.74. The van der Waals surface area contributed by atoms with Gasteiger partial charge in [0.2, 0.25) is 0 Å². The molecule has 5 nitrogen and oxygen atoms in total. The van der Waals surface area contributed by atoms with Crippen molar-refractivity contribution < 1.29 is 4.42 Å². The fraction of sp³-hybridized carbons (Fsp3) is 0.750. The lowest BCUT2D eigenvalue weighted by molar-refractivity contribution is 0.146. The van der Waals surface area contributed by atoms with Gasteiger partial charge in [-0.25, -0.2) is 0 Å². The number of hydrogen-bond donors (Lipinski definition) is 2. The summed E-state index contributed by atoms with van der Waals surface area (Å²) in [5.41, 5.74) is 0.588. The molecule has 1 saturated heterocycles. The normalized spacial score (nSPS) is 24.8. The molecule has 1 aromatic heterocycles. The van der Waals surface area contributed by atoms with Gasteiger partial charge in [0, 0.05) is 20.1 Å². The van der Waals surface area contributed by atoms with Crippen LogP contribution in [0.25, 0.3) is 0 Å². The van der Waals surface area contributed by atoms with Gasteiger partial charge in [0.05, 0.1) is 12.3 Å². The molecule has 138 valence electrons. The van der Waals surface area contributed by atoms with Crippen LogP contribution in [0, 0.1) is 11.3 Å². The van der Waals surface area contributed by atoms with Gasteiger partial charge in [0.1, 0.15) is 5.76 Å². The maximum atomic E-state index is 5.74. The second-order valence-electron chi connectivity index (χ2n) is 8.07. The van der Waals surface area contributed by atoms with E-state index in [4.69, 9.17) is 4.42 Å². The molecule has 1 aromatic rings. The lowest BCUT2D eigenvalue weighted by Crippen LogP contribution is -2.45. The summed E-state index contributed by atoms with van der Waals surface area (Å²) in [4.78, 5) is 6.99. The topological polar surface area (TPSA) is 52.8 Å². The monoisotopic (exact) mass is 344 g/mol. The number of aliphatic imine (C=N–C) groups is 1. The van der Waals surface area contributed by atoms with Crippen LogP contribution in [0.1, 0.15) is 56.7 Å². The van der Waals surface area contributed by atoms with Crippen LogP contribution in [0.15, 0.2) is 27.8 Å². The molecule has 3 fully saturated rings.